The van der Waals surface area contributed by atoms with E-state index in [1.807, 2.05) is 23.4 Å². The molecule has 11 heteroatoms. The Balaban J connectivity index is 1.28. The van der Waals surface area contributed by atoms with E-state index in [-0.39, 0.29) is 34.5 Å². The SMILES string of the molecule is Cc1nc2sccn2c1C(=O)NC[C@@H]1[C@H]2CC(C)C[C@H]2CN1C(=O)c1nc(N)sc1-c1ccc(F)cc1. The van der Waals surface area contributed by atoms with Gasteiger partial charge in [-0.2, -0.15) is 0 Å². The summed E-state index contributed by atoms with van der Waals surface area (Å²) in [5.74, 6) is 0.519. The maximum absolute atomic E-state index is 13.9. The molecule has 192 valence electrons. The van der Waals surface area contributed by atoms with E-state index >= 15 is 0 Å². The summed E-state index contributed by atoms with van der Waals surface area (Å²) in [5.41, 5.74) is 8.21. The number of nitrogens with zero attached hydrogens (tertiary/aromatic N) is 4. The summed E-state index contributed by atoms with van der Waals surface area (Å²) >= 11 is 2.70. The van der Waals surface area contributed by atoms with Gasteiger partial charge in [0.2, 0.25) is 0 Å². The largest absolute Gasteiger partial charge is 0.375 e. The Morgan fingerprint density at radius 1 is 1.22 bits per heavy atom. The molecule has 4 aromatic rings. The van der Waals surface area contributed by atoms with E-state index < -0.39 is 0 Å². The topological polar surface area (TPSA) is 106 Å². The van der Waals surface area contributed by atoms with Gasteiger partial charge in [0.1, 0.15) is 17.2 Å². The maximum atomic E-state index is 13.9. The molecule has 1 unspecified atom stereocenters. The summed E-state index contributed by atoms with van der Waals surface area (Å²) < 4.78 is 15.3. The number of halogens is 1. The lowest BCUT2D eigenvalue weighted by Gasteiger charge is -2.28. The first-order valence-corrected chi connectivity index (χ1v) is 14.0. The zero-order chi connectivity index (χ0) is 25.8. The number of carbonyl (C=O) groups is 2. The fourth-order valence-electron chi connectivity index (χ4n) is 6.10. The van der Waals surface area contributed by atoms with Crippen LogP contribution in [0.2, 0.25) is 0 Å². The molecule has 2 aliphatic rings. The van der Waals surface area contributed by atoms with Gasteiger partial charge in [0.05, 0.1) is 16.6 Å². The third-order valence-corrected chi connectivity index (χ3v) is 9.34. The van der Waals surface area contributed by atoms with E-state index in [2.05, 4.69) is 22.2 Å². The van der Waals surface area contributed by atoms with Crippen molar-refractivity contribution in [3.63, 3.8) is 0 Å². The standard InChI is InChI=1S/C26H27FN6O2S2/c1-13-9-16-12-33(24(35)20-22(37-25(28)31-20)15-3-5-17(27)6-4-15)19(18(16)10-13)11-29-23(34)21-14(2)30-26-32(21)7-8-36-26/h3-8,13,16,18-19H,9-12H2,1-2H3,(H2,28,31)(H,29,34)/t13?,16-,18-,19+/m0/s1. The highest BCUT2D eigenvalue weighted by Crippen LogP contribution is 2.46. The van der Waals surface area contributed by atoms with Gasteiger partial charge in [-0.15, -0.1) is 11.3 Å². The van der Waals surface area contributed by atoms with Gasteiger partial charge in [0, 0.05) is 24.7 Å². The minimum absolute atomic E-state index is 0.151. The molecule has 6 rings (SSSR count). The zero-order valence-corrected chi connectivity index (χ0v) is 22.1. The third kappa shape index (κ3) is 4.19. The number of nitrogen functional groups attached to an aromatic ring is 1. The molecule has 3 N–H and O–H groups in total. The molecule has 2 amide bonds. The second-order valence-corrected chi connectivity index (χ2v) is 12.0. The van der Waals surface area contributed by atoms with E-state index in [9.17, 15) is 14.0 Å². The second-order valence-electron chi connectivity index (χ2n) is 10.1. The van der Waals surface area contributed by atoms with Crippen molar-refractivity contribution >= 4 is 44.6 Å². The van der Waals surface area contributed by atoms with Crippen molar-refractivity contribution in [2.45, 2.75) is 32.7 Å². The Morgan fingerprint density at radius 3 is 2.78 bits per heavy atom. The fraction of sp³-hybridized carbons (Fsp3) is 0.385. The number of nitrogens with one attached hydrogen (secondary N) is 1. The van der Waals surface area contributed by atoms with Gasteiger partial charge < -0.3 is 16.0 Å². The number of benzene rings is 1. The first-order chi connectivity index (χ1) is 17.8. The van der Waals surface area contributed by atoms with Gasteiger partial charge in [0.15, 0.2) is 10.1 Å². The zero-order valence-electron chi connectivity index (χ0n) is 20.5. The lowest BCUT2D eigenvalue weighted by Crippen LogP contribution is -2.46. The van der Waals surface area contributed by atoms with Crippen LogP contribution in [0.25, 0.3) is 15.4 Å². The summed E-state index contributed by atoms with van der Waals surface area (Å²) in [6, 6.07) is 5.85. The Labute approximate surface area is 221 Å². The molecule has 4 heterocycles. The van der Waals surface area contributed by atoms with Crippen LogP contribution in [0, 0.1) is 30.5 Å². The van der Waals surface area contributed by atoms with Crippen molar-refractivity contribution in [2.75, 3.05) is 18.8 Å². The molecule has 37 heavy (non-hydrogen) atoms. The number of hydrogen-bond donors (Lipinski definition) is 2. The van der Waals surface area contributed by atoms with Crippen LogP contribution in [-0.4, -0.2) is 50.2 Å². The van der Waals surface area contributed by atoms with Crippen molar-refractivity contribution in [1.82, 2.24) is 24.6 Å². The Bertz CT molecular complexity index is 1490. The average Bonchev–Trinajstić information content (AvgIpc) is 3.65. The maximum Gasteiger partial charge on any atom is 0.274 e. The van der Waals surface area contributed by atoms with Crippen molar-refractivity contribution in [3.8, 4) is 10.4 Å². The van der Waals surface area contributed by atoms with Crippen molar-refractivity contribution < 1.29 is 14.0 Å². The fourth-order valence-corrected chi connectivity index (χ4v) is 7.69. The number of carbonyl (C=O) groups excluding carboxylic acids is 2. The summed E-state index contributed by atoms with van der Waals surface area (Å²) in [5, 5.41) is 5.29. The number of thiazole rings is 2. The van der Waals surface area contributed by atoms with E-state index in [1.165, 1.54) is 34.8 Å². The first kappa shape index (κ1) is 24.1. The molecule has 0 bridgehead atoms. The number of imidazole rings is 1. The molecule has 1 aliphatic carbocycles. The summed E-state index contributed by atoms with van der Waals surface area (Å²) in [6.07, 6.45) is 3.91. The van der Waals surface area contributed by atoms with Gasteiger partial charge in [-0.05, 0) is 55.2 Å². The van der Waals surface area contributed by atoms with Gasteiger partial charge in [-0.1, -0.05) is 30.4 Å². The molecule has 0 spiro atoms. The van der Waals surface area contributed by atoms with Gasteiger partial charge in [-0.3, -0.25) is 14.0 Å². The molecule has 3 aromatic heterocycles. The van der Waals surface area contributed by atoms with Crippen LogP contribution in [0.1, 0.15) is 46.4 Å². The van der Waals surface area contributed by atoms with Crippen LogP contribution in [0.4, 0.5) is 9.52 Å². The van der Waals surface area contributed by atoms with Gasteiger partial charge >= 0.3 is 0 Å². The molecule has 1 saturated heterocycles. The van der Waals surface area contributed by atoms with Crippen molar-refractivity contribution in [3.05, 3.63) is 58.7 Å². The number of rotatable bonds is 5. The van der Waals surface area contributed by atoms with Crippen molar-refractivity contribution in [2.24, 2.45) is 17.8 Å². The average molecular weight is 539 g/mol. The van der Waals surface area contributed by atoms with Crippen LogP contribution in [0.5, 0.6) is 0 Å². The van der Waals surface area contributed by atoms with E-state index in [0.717, 1.165) is 17.8 Å². The molecule has 1 aliphatic heterocycles. The number of hydrogen-bond acceptors (Lipinski definition) is 7. The summed E-state index contributed by atoms with van der Waals surface area (Å²) in [6.45, 7) is 5.05. The minimum Gasteiger partial charge on any atom is -0.375 e. The van der Waals surface area contributed by atoms with Crippen LogP contribution < -0.4 is 11.1 Å². The molecule has 8 nitrogen and oxygen atoms in total. The van der Waals surface area contributed by atoms with Crippen LogP contribution in [-0.2, 0) is 0 Å². The van der Waals surface area contributed by atoms with Crippen LogP contribution in [0.15, 0.2) is 35.8 Å². The highest BCUT2D eigenvalue weighted by Gasteiger charge is 2.48. The van der Waals surface area contributed by atoms with Crippen LogP contribution in [0.3, 0.4) is 0 Å². The number of nitrogens with two attached hydrogens (primary N) is 1. The number of likely N-dealkylation sites (tertiary alicyclic amines) is 1. The summed E-state index contributed by atoms with van der Waals surface area (Å²) in [7, 11) is 0. The molecule has 1 aromatic carbocycles. The number of aromatic nitrogens is 3. The van der Waals surface area contributed by atoms with Gasteiger partial charge in [-0.25, -0.2) is 14.4 Å². The normalized spacial score (nSPS) is 23.1. The first-order valence-electron chi connectivity index (χ1n) is 12.3. The monoisotopic (exact) mass is 538 g/mol. The Kier molecular flexibility index (Phi) is 5.99. The molecule has 4 atom stereocenters. The van der Waals surface area contributed by atoms with E-state index in [0.29, 0.717) is 52.7 Å². The lowest BCUT2D eigenvalue weighted by atomic mass is 9.93. The van der Waals surface area contributed by atoms with E-state index in [1.54, 1.807) is 16.5 Å². The predicted molar refractivity (Wildman–Crippen MR) is 142 cm³/mol. The van der Waals surface area contributed by atoms with Crippen molar-refractivity contribution in [1.29, 1.82) is 0 Å². The number of fused-ring (bicyclic) bond motifs is 2. The third-order valence-electron chi connectivity index (χ3n) is 7.65. The molecular weight excluding hydrogens is 511 g/mol. The second kappa shape index (κ2) is 9.21. The Hall–Kier alpha value is -3.31. The quantitative estimate of drug-likeness (QED) is 0.390. The Morgan fingerprint density at radius 2 is 2.00 bits per heavy atom. The molecule has 2 fully saturated rings. The molecule has 0 radical (unpaired) electrons. The minimum atomic E-state index is -0.348. The lowest BCUT2D eigenvalue weighted by molar-refractivity contribution is 0.0692. The molecule has 1 saturated carbocycles. The number of anilines is 1. The van der Waals surface area contributed by atoms with Gasteiger partial charge in [0.25, 0.3) is 11.8 Å². The molecular formula is C26H27FN6O2S2. The number of amides is 2. The smallest absolute Gasteiger partial charge is 0.274 e. The highest BCUT2D eigenvalue weighted by molar-refractivity contribution is 7.19. The van der Waals surface area contributed by atoms with Crippen LogP contribution >= 0.6 is 22.7 Å². The number of aryl methyl sites for hydroxylation is 1. The predicted octanol–water partition coefficient (Wildman–Crippen LogP) is 4.47. The summed E-state index contributed by atoms with van der Waals surface area (Å²) in [4.78, 5) is 39.3. The highest BCUT2D eigenvalue weighted by atomic mass is 32.1. The van der Waals surface area contributed by atoms with E-state index in [4.69, 9.17) is 5.73 Å².